The van der Waals surface area contributed by atoms with Crippen LogP contribution in [-0.4, -0.2) is 12.1 Å². The number of benzene rings is 1. The molecule has 1 atom stereocenters. The van der Waals surface area contributed by atoms with Gasteiger partial charge in [0, 0.05) is 12.1 Å². The quantitative estimate of drug-likeness (QED) is 0.787. The SMILES string of the molecule is CCCC(C)COc1cccc(CNC(C)(C)C)c1. The molecule has 0 amide bonds. The van der Waals surface area contributed by atoms with Crippen LogP contribution in [0, 0.1) is 5.92 Å². The summed E-state index contributed by atoms with van der Waals surface area (Å²) in [6.45, 7) is 12.7. The Labute approximate surface area is 118 Å². The molecule has 0 fully saturated rings. The highest BCUT2D eigenvalue weighted by Gasteiger charge is 2.08. The Morgan fingerprint density at radius 2 is 2.00 bits per heavy atom. The van der Waals surface area contributed by atoms with Crippen molar-refractivity contribution in [2.75, 3.05) is 6.61 Å². The molecule has 1 aromatic rings. The molecule has 0 aliphatic carbocycles. The fraction of sp³-hybridized carbons (Fsp3) is 0.647. The predicted octanol–water partition coefficient (Wildman–Crippen LogP) is 4.39. The van der Waals surface area contributed by atoms with Crippen LogP contribution in [0.25, 0.3) is 0 Å². The van der Waals surface area contributed by atoms with Gasteiger partial charge in [-0.25, -0.2) is 0 Å². The highest BCUT2D eigenvalue weighted by Crippen LogP contribution is 2.16. The minimum atomic E-state index is 0.145. The van der Waals surface area contributed by atoms with Gasteiger partial charge in [0.05, 0.1) is 6.61 Å². The minimum Gasteiger partial charge on any atom is -0.493 e. The van der Waals surface area contributed by atoms with E-state index in [0.717, 1.165) is 18.9 Å². The maximum Gasteiger partial charge on any atom is 0.119 e. The average molecular weight is 263 g/mol. The van der Waals surface area contributed by atoms with Gasteiger partial charge in [-0.3, -0.25) is 0 Å². The molecule has 0 aromatic heterocycles. The molecule has 0 saturated heterocycles. The van der Waals surface area contributed by atoms with Crippen LogP contribution in [0.5, 0.6) is 5.75 Å². The normalized spacial score (nSPS) is 13.3. The van der Waals surface area contributed by atoms with Gasteiger partial charge in [0.2, 0.25) is 0 Å². The van der Waals surface area contributed by atoms with Gasteiger partial charge in [0.15, 0.2) is 0 Å². The second-order valence-corrected chi connectivity index (χ2v) is 6.46. The third-order valence-electron chi connectivity index (χ3n) is 3.04. The van der Waals surface area contributed by atoms with Crippen LogP contribution >= 0.6 is 0 Å². The minimum absolute atomic E-state index is 0.145. The lowest BCUT2D eigenvalue weighted by atomic mass is 10.1. The van der Waals surface area contributed by atoms with Crippen LogP contribution in [0.1, 0.15) is 53.0 Å². The lowest BCUT2D eigenvalue weighted by molar-refractivity contribution is 0.251. The van der Waals surface area contributed by atoms with Crippen molar-refractivity contribution >= 4 is 0 Å². The van der Waals surface area contributed by atoms with Crippen LogP contribution in [0.2, 0.25) is 0 Å². The molecule has 0 saturated carbocycles. The molecule has 1 aromatic carbocycles. The summed E-state index contributed by atoms with van der Waals surface area (Å²) in [7, 11) is 0. The molecule has 0 heterocycles. The Morgan fingerprint density at radius 3 is 2.63 bits per heavy atom. The number of rotatable bonds is 7. The molecule has 1 N–H and O–H groups in total. The van der Waals surface area contributed by atoms with Gasteiger partial charge in [0.1, 0.15) is 5.75 Å². The van der Waals surface area contributed by atoms with E-state index in [4.69, 9.17) is 4.74 Å². The maximum atomic E-state index is 5.87. The molecule has 1 rings (SSSR count). The van der Waals surface area contributed by atoms with Crippen molar-refractivity contribution in [1.82, 2.24) is 5.32 Å². The van der Waals surface area contributed by atoms with E-state index < -0.39 is 0 Å². The third kappa shape index (κ3) is 7.22. The number of hydrogen-bond donors (Lipinski definition) is 1. The second-order valence-electron chi connectivity index (χ2n) is 6.46. The van der Waals surface area contributed by atoms with E-state index in [-0.39, 0.29) is 5.54 Å². The van der Waals surface area contributed by atoms with Crippen LogP contribution in [0.3, 0.4) is 0 Å². The molecule has 2 nitrogen and oxygen atoms in total. The van der Waals surface area contributed by atoms with Crippen molar-refractivity contribution in [1.29, 1.82) is 0 Å². The molecule has 0 bridgehead atoms. The standard InChI is InChI=1S/C17H29NO/c1-6-8-14(2)13-19-16-10-7-9-15(11-16)12-18-17(3,4)5/h7,9-11,14,18H,6,8,12-13H2,1-5H3. The molecule has 19 heavy (non-hydrogen) atoms. The summed E-state index contributed by atoms with van der Waals surface area (Å²) in [5.41, 5.74) is 1.42. The molecule has 0 aliphatic rings. The van der Waals surface area contributed by atoms with E-state index >= 15 is 0 Å². The summed E-state index contributed by atoms with van der Waals surface area (Å²) < 4.78 is 5.87. The molecule has 0 aliphatic heterocycles. The van der Waals surface area contributed by atoms with Crippen molar-refractivity contribution in [2.24, 2.45) is 5.92 Å². The predicted molar refractivity (Wildman–Crippen MR) is 82.6 cm³/mol. The van der Waals surface area contributed by atoms with Crippen LogP contribution in [-0.2, 0) is 6.54 Å². The summed E-state index contributed by atoms with van der Waals surface area (Å²) >= 11 is 0. The zero-order valence-electron chi connectivity index (χ0n) is 13.1. The zero-order chi connectivity index (χ0) is 14.3. The summed E-state index contributed by atoms with van der Waals surface area (Å²) in [6, 6.07) is 8.39. The molecule has 108 valence electrons. The lowest BCUT2D eigenvalue weighted by Gasteiger charge is -2.20. The van der Waals surface area contributed by atoms with Gasteiger partial charge in [-0.2, -0.15) is 0 Å². The van der Waals surface area contributed by atoms with Gasteiger partial charge >= 0.3 is 0 Å². The van der Waals surface area contributed by atoms with Crippen molar-refractivity contribution in [3.05, 3.63) is 29.8 Å². The first-order valence-corrected chi connectivity index (χ1v) is 7.37. The summed E-state index contributed by atoms with van der Waals surface area (Å²) in [6.07, 6.45) is 2.45. The van der Waals surface area contributed by atoms with E-state index in [2.05, 4.69) is 58.1 Å². The topological polar surface area (TPSA) is 21.3 Å². The van der Waals surface area contributed by atoms with E-state index in [0.29, 0.717) is 5.92 Å². The van der Waals surface area contributed by atoms with E-state index in [9.17, 15) is 0 Å². The van der Waals surface area contributed by atoms with Crippen molar-refractivity contribution in [3.63, 3.8) is 0 Å². The Bertz CT molecular complexity index is 368. The second kappa shape index (κ2) is 7.54. The maximum absolute atomic E-state index is 5.87. The van der Waals surface area contributed by atoms with Crippen molar-refractivity contribution in [3.8, 4) is 5.75 Å². The van der Waals surface area contributed by atoms with Gasteiger partial charge in [-0.15, -0.1) is 0 Å². The number of ether oxygens (including phenoxy) is 1. The van der Waals surface area contributed by atoms with Gasteiger partial charge in [0.25, 0.3) is 0 Å². The van der Waals surface area contributed by atoms with E-state index in [1.807, 2.05) is 6.07 Å². The van der Waals surface area contributed by atoms with Gasteiger partial charge in [-0.1, -0.05) is 32.4 Å². The molecular weight excluding hydrogens is 234 g/mol. The monoisotopic (exact) mass is 263 g/mol. The zero-order valence-corrected chi connectivity index (χ0v) is 13.1. The van der Waals surface area contributed by atoms with E-state index in [1.54, 1.807) is 0 Å². The Balaban J connectivity index is 2.48. The third-order valence-corrected chi connectivity index (χ3v) is 3.04. The van der Waals surface area contributed by atoms with Crippen LogP contribution < -0.4 is 10.1 Å². The molecule has 1 unspecified atom stereocenters. The smallest absolute Gasteiger partial charge is 0.119 e. The van der Waals surface area contributed by atoms with Crippen molar-refractivity contribution in [2.45, 2.75) is 59.5 Å². The lowest BCUT2D eigenvalue weighted by Crippen LogP contribution is -2.35. The van der Waals surface area contributed by atoms with Crippen LogP contribution in [0.15, 0.2) is 24.3 Å². The highest BCUT2D eigenvalue weighted by molar-refractivity contribution is 5.28. The van der Waals surface area contributed by atoms with E-state index in [1.165, 1.54) is 18.4 Å². The van der Waals surface area contributed by atoms with Crippen LogP contribution in [0.4, 0.5) is 0 Å². The fourth-order valence-corrected chi connectivity index (χ4v) is 1.93. The Kier molecular flexibility index (Phi) is 6.36. The summed E-state index contributed by atoms with van der Waals surface area (Å²) in [4.78, 5) is 0. The van der Waals surface area contributed by atoms with Gasteiger partial charge < -0.3 is 10.1 Å². The summed E-state index contributed by atoms with van der Waals surface area (Å²) in [5, 5.41) is 3.49. The van der Waals surface area contributed by atoms with Crippen molar-refractivity contribution < 1.29 is 4.74 Å². The Hall–Kier alpha value is -1.02. The van der Waals surface area contributed by atoms with Gasteiger partial charge in [-0.05, 0) is 50.8 Å². The first-order valence-electron chi connectivity index (χ1n) is 7.37. The number of hydrogen-bond acceptors (Lipinski definition) is 2. The highest BCUT2D eigenvalue weighted by atomic mass is 16.5. The average Bonchev–Trinajstić information content (AvgIpc) is 2.34. The first kappa shape index (κ1) is 16.0. The molecule has 2 heteroatoms. The molecule has 0 spiro atoms. The first-order chi connectivity index (χ1) is 8.90. The largest absolute Gasteiger partial charge is 0.493 e. The number of nitrogens with one attached hydrogen (secondary N) is 1. The molecular formula is C17H29NO. The molecule has 0 radical (unpaired) electrons. The summed E-state index contributed by atoms with van der Waals surface area (Å²) in [5.74, 6) is 1.61. The Morgan fingerprint density at radius 1 is 1.26 bits per heavy atom. The fourth-order valence-electron chi connectivity index (χ4n) is 1.93.